The fourth-order valence-electron chi connectivity index (χ4n) is 5.80. The van der Waals surface area contributed by atoms with E-state index in [1.165, 1.54) is 11.1 Å². The predicted molar refractivity (Wildman–Crippen MR) is 140 cm³/mol. The summed E-state index contributed by atoms with van der Waals surface area (Å²) in [6, 6.07) is 27.6. The van der Waals surface area contributed by atoms with E-state index in [0.29, 0.717) is 10.9 Å². The van der Waals surface area contributed by atoms with Crippen molar-refractivity contribution in [1.29, 1.82) is 0 Å². The van der Waals surface area contributed by atoms with Crippen LogP contribution in [0.3, 0.4) is 0 Å². The van der Waals surface area contributed by atoms with Gasteiger partial charge in [-0.05, 0) is 85.7 Å². The van der Waals surface area contributed by atoms with Crippen LogP contribution >= 0.6 is 0 Å². The summed E-state index contributed by atoms with van der Waals surface area (Å²) in [4.78, 5) is 4.79. The lowest BCUT2D eigenvalue weighted by Crippen LogP contribution is -2.44. The highest BCUT2D eigenvalue weighted by molar-refractivity contribution is 7.79. The summed E-state index contributed by atoms with van der Waals surface area (Å²) in [5.74, 6) is 0.0534. The maximum absolute atomic E-state index is 12.5. The molecule has 0 radical (unpaired) electrons. The highest BCUT2D eigenvalue weighted by Crippen LogP contribution is 2.54. The Morgan fingerprint density at radius 3 is 1.82 bits per heavy atom. The molecular weight excluding hydrogens is 440 g/mol. The van der Waals surface area contributed by atoms with Crippen molar-refractivity contribution in [3.8, 4) is 0 Å². The molecule has 34 heavy (non-hydrogen) atoms. The van der Waals surface area contributed by atoms with Crippen LogP contribution in [0.25, 0.3) is 0 Å². The SMILES string of the molecule is CN(C)c1ccc(S(=O)[O-])c(C2(C(c3ccccc3)c3ccccc3)CCC(N(C)C)CC2)c1. The van der Waals surface area contributed by atoms with E-state index >= 15 is 0 Å². The fourth-order valence-corrected chi connectivity index (χ4v) is 6.42. The van der Waals surface area contributed by atoms with Crippen molar-refractivity contribution >= 4 is 16.8 Å². The van der Waals surface area contributed by atoms with Crippen molar-refractivity contribution in [2.24, 2.45) is 0 Å². The van der Waals surface area contributed by atoms with Crippen LogP contribution in [-0.4, -0.2) is 47.9 Å². The van der Waals surface area contributed by atoms with Crippen molar-refractivity contribution in [1.82, 2.24) is 4.90 Å². The summed E-state index contributed by atoms with van der Waals surface area (Å²) in [5, 5.41) is 0. The zero-order chi connectivity index (χ0) is 24.3. The summed E-state index contributed by atoms with van der Waals surface area (Å²) >= 11 is -2.32. The van der Waals surface area contributed by atoms with Crippen LogP contribution in [0.2, 0.25) is 0 Å². The lowest BCUT2D eigenvalue weighted by Gasteiger charge is -2.49. The van der Waals surface area contributed by atoms with Crippen molar-refractivity contribution in [2.45, 2.75) is 48.0 Å². The molecule has 1 aliphatic carbocycles. The number of benzene rings is 3. The monoisotopic (exact) mass is 475 g/mol. The first-order chi connectivity index (χ1) is 16.3. The number of anilines is 1. The summed E-state index contributed by atoms with van der Waals surface area (Å²) in [5.41, 5.74) is 4.10. The maximum Gasteiger partial charge on any atom is 0.0364 e. The van der Waals surface area contributed by atoms with Gasteiger partial charge in [0.1, 0.15) is 0 Å². The quantitative estimate of drug-likeness (QED) is 0.420. The van der Waals surface area contributed by atoms with E-state index in [-0.39, 0.29) is 11.3 Å². The van der Waals surface area contributed by atoms with E-state index in [4.69, 9.17) is 0 Å². The van der Waals surface area contributed by atoms with Gasteiger partial charge < -0.3 is 14.4 Å². The molecule has 0 bridgehead atoms. The van der Waals surface area contributed by atoms with Crippen LogP contribution in [0, 0.1) is 0 Å². The minimum Gasteiger partial charge on any atom is -0.768 e. The molecule has 0 aromatic heterocycles. The Morgan fingerprint density at radius 1 is 0.853 bits per heavy atom. The van der Waals surface area contributed by atoms with Crippen LogP contribution in [0.15, 0.2) is 83.8 Å². The number of rotatable bonds is 7. The van der Waals surface area contributed by atoms with Crippen LogP contribution in [-0.2, 0) is 16.5 Å². The Kier molecular flexibility index (Phi) is 7.56. The number of hydrogen-bond donors (Lipinski definition) is 0. The Morgan fingerprint density at radius 2 is 1.38 bits per heavy atom. The summed E-state index contributed by atoms with van der Waals surface area (Å²) < 4.78 is 25.1. The molecule has 1 atom stereocenters. The van der Waals surface area contributed by atoms with Gasteiger partial charge in [-0.1, -0.05) is 60.7 Å². The Labute approximate surface area is 206 Å². The Balaban J connectivity index is 1.99. The third kappa shape index (κ3) is 4.83. The smallest absolute Gasteiger partial charge is 0.0364 e. The third-order valence-corrected chi connectivity index (χ3v) is 8.31. The van der Waals surface area contributed by atoms with E-state index in [1.54, 1.807) is 6.07 Å². The topological polar surface area (TPSA) is 46.6 Å². The standard InChI is InChI=1S/C29H36N2O2S/c1-30(2)24-17-19-29(20-18-24,26-21-25(31(3)4)15-16-27(26)34(32)33)28(22-11-7-5-8-12-22)23-13-9-6-10-14-23/h5-16,21,24,28H,17-20H2,1-4H3,(H,32,33)/p-1. The zero-order valence-corrected chi connectivity index (χ0v) is 21.4. The molecule has 1 saturated carbocycles. The second-order valence-corrected chi connectivity index (χ2v) is 10.8. The van der Waals surface area contributed by atoms with Gasteiger partial charge in [-0.25, -0.2) is 0 Å². The minimum atomic E-state index is -2.32. The molecule has 4 rings (SSSR count). The first-order valence-electron chi connectivity index (χ1n) is 12.0. The molecule has 3 aromatic carbocycles. The zero-order valence-electron chi connectivity index (χ0n) is 20.6. The van der Waals surface area contributed by atoms with Gasteiger partial charge in [0.15, 0.2) is 0 Å². The average molecular weight is 476 g/mol. The summed E-state index contributed by atoms with van der Waals surface area (Å²) in [6.07, 6.45) is 3.90. The lowest BCUT2D eigenvalue weighted by molar-refractivity contribution is 0.157. The molecule has 1 aliphatic rings. The van der Waals surface area contributed by atoms with Gasteiger partial charge >= 0.3 is 0 Å². The van der Waals surface area contributed by atoms with Crippen LogP contribution in [0.4, 0.5) is 5.69 Å². The van der Waals surface area contributed by atoms with Crippen LogP contribution in [0.1, 0.15) is 48.3 Å². The second kappa shape index (κ2) is 10.4. The molecule has 1 fully saturated rings. The molecule has 0 amide bonds. The molecule has 0 aliphatic heterocycles. The molecule has 1 unspecified atom stereocenters. The molecule has 3 aromatic rings. The molecular formula is C29H35N2O2S-. The third-order valence-electron chi connectivity index (χ3n) is 7.59. The highest BCUT2D eigenvalue weighted by atomic mass is 32.2. The maximum atomic E-state index is 12.5. The van der Waals surface area contributed by atoms with E-state index in [1.807, 2.05) is 32.3 Å². The van der Waals surface area contributed by atoms with Gasteiger partial charge in [0.2, 0.25) is 0 Å². The molecule has 0 N–H and O–H groups in total. The van der Waals surface area contributed by atoms with Crippen molar-refractivity contribution in [2.75, 3.05) is 33.1 Å². The second-order valence-electron chi connectivity index (χ2n) is 9.91. The van der Waals surface area contributed by atoms with Gasteiger partial charge in [-0.2, -0.15) is 0 Å². The van der Waals surface area contributed by atoms with E-state index in [2.05, 4.69) is 78.5 Å². The van der Waals surface area contributed by atoms with E-state index in [0.717, 1.165) is 36.9 Å². The minimum absolute atomic E-state index is 0.0534. The lowest BCUT2D eigenvalue weighted by atomic mass is 9.57. The largest absolute Gasteiger partial charge is 0.768 e. The predicted octanol–water partition coefficient (Wildman–Crippen LogP) is 5.56. The molecule has 0 saturated heterocycles. The van der Waals surface area contributed by atoms with Gasteiger partial charge in [0, 0.05) is 42.1 Å². The van der Waals surface area contributed by atoms with Crippen LogP contribution < -0.4 is 4.90 Å². The van der Waals surface area contributed by atoms with Gasteiger partial charge in [0.05, 0.1) is 0 Å². The van der Waals surface area contributed by atoms with Gasteiger partial charge in [0.25, 0.3) is 0 Å². The molecule has 180 valence electrons. The summed E-state index contributed by atoms with van der Waals surface area (Å²) in [6.45, 7) is 0. The van der Waals surface area contributed by atoms with E-state index < -0.39 is 11.1 Å². The fraction of sp³-hybridized carbons (Fsp3) is 0.379. The normalized spacial score (nSPS) is 21.6. The Hall–Kier alpha value is -2.47. The van der Waals surface area contributed by atoms with Gasteiger partial charge in [-0.15, -0.1) is 0 Å². The average Bonchev–Trinajstić information content (AvgIpc) is 2.85. The van der Waals surface area contributed by atoms with Crippen molar-refractivity contribution in [3.63, 3.8) is 0 Å². The Bertz CT molecular complexity index is 1070. The summed E-state index contributed by atoms with van der Waals surface area (Å²) in [7, 11) is 8.31. The highest BCUT2D eigenvalue weighted by Gasteiger charge is 2.46. The molecule has 0 heterocycles. The first kappa shape index (κ1) is 24.6. The van der Waals surface area contributed by atoms with Gasteiger partial charge in [-0.3, -0.25) is 4.21 Å². The molecule has 0 spiro atoms. The first-order valence-corrected chi connectivity index (χ1v) is 13.1. The van der Waals surface area contributed by atoms with Crippen LogP contribution in [0.5, 0.6) is 0 Å². The van der Waals surface area contributed by atoms with Crippen molar-refractivity contribution in [3.05, 3.63) is 95.6 Å². The number of hydrogen-bond acceptors (Lipinski definition) is 4. The molecule has 4 nitrogen and oxygen atoms in total. The molecule has 5 heteroatoms. The van der Waals surface area contributed by atoms with Crippen molar-refractivity contribution < 1.29 is 8.76 Å². The van der Waals surface area contributed by atoms with E-state index in [9.17, 15) is 8.76 Å². The number of nitrogens with zero attached hydrogens (tertiary/aromatic N) is 2.